The number of anilines is 1. The first-order chi connectivity index (χ1) is 13.1. The molecule has 1 aliphatic rings. The summed E-state index contributed by atoms with van der Waals surface area (Å²) in [7, 11) is 0. The lowest BCUT2D eigenvalue weighted by Crippen LogP contribution is -2.26. The summed E-state index contributed by atoms with van der Waals surface area (Å²) >= 11 is 0. The second-order valence-corrected chi connectivity index (χ2v) is 6.73. The van der Waals surface area contributed by atoms with Crippen molar-refractivity contribution in [3.63, 3.8) is 0 Å². The molecule has 150 valence electrons. The Hall–Kier alpha value is -2.64. The fraction of sp³-hybridized carbons (Fsp3) is 0.350. The Labute approximate surface area is 170 Å². The number of carbonyl (C=O) groups excluding carboxylic acids is 1. The maximum Gasteiger partial charge on any atom is 0.293 e. The van der Waals surface area contributed by atoms with E-state index in [1.807, 2.05) is 30.3 Å². The summed E-state index contributed by atoms with van der Waals surface area (Å²) in [6.45, 7) is 3.07. The molecule has 28 heavy (non-hydrogen) atoms. The molecule has 1 aliphatic heterocycles. The summed E-state index contributed by atoms with van der Waals surface area (Å²) in [5.41, 5.74) is 1.63. The van der Waals surface area contributed by atoms with Crippen molar-refractivity contribution in [3.8, 4) is 0 Å². The zero-order valence-corrected chi connectivity index (χ0v) is 16.3. The van der Waals surface area contributed by atoms with Gasteiger partial charge in [0.15, 0.2) is 0 Å². The first kappa shape index (κ1) is 21.7. The standard InChI is InChI=1S/C20H24N4O3.ClH/c25-20(22-11-9-16-8-10-21-13-16)17-6-7-18(19(12-17)24(26)27)23-14-15-4-2-1-3-5-15;/h1-7,12,16,21,23H,8-11,13-14H2,(H,22,25);1H. The van der Waals surface area contributed by atoms with Crippen LogP contribution in [0.3, 0.4) is 0 Å². The van der Waals surface area contributed by atoms with Crippen molar-refractivity contribution in [3.05, 3.63) is 69.8 Å². The fourth-order valence-electron chi connectivity index (χ4n) is 3.22. The van der Waals surface area contributed by atoms with E-state index < -0.39 is 4.92 Å². The lowest BCUT2D eigenvalue weighted by atomic mass is 10.1. The number of halogens is 1. The van der Waals surface area contributed by atoms with Crippen molar-refractivity contribution < 1.29 is 9.72 Å². The van der Waals surface area contributed by atoms with Crippen LogP contribution in [-0.2, 0) is 6.54 Å². The molecule has 2 aromatic rings. The number of nitro benzene ring substituents is 1. The molecule has 0 aromatic heterocycles. The molecule has 0 saturated carbocycles. The summed E-state index contributed by atoms with van der Waals surface area (Å²) in [6, 6.07) is 14.2. The van der Waals surface area contributed by atoms with Gasteiger partial charge in [-0.05, 0) is 49.5 Å². The average Bonchev–Trinajstić information content (AvgIpc) is 3.20. The number of carbonyl (C=O) groups is 1. The Kier molecular flexibility index (Phi) is 8.22. The number of hydrogen-bond donors (Lipinski definition) is 3. The minimum absolute atomic E-state index is 0. The van der Waals surface area contributed by atoms with Crippen LogP contribution >= 0.6 is 12.4 Å². The summed E-state index contributed by atoms with van der Waals surface area (Å²) in [5.74, 6) is 0.308. The number of benzene rings is 2. The van der Waals surface area contributed by atoms with Crippen molar-refractivity contribution in [1.29, 1.82) is 0 Å². The molecule has 0 bridgehead atoms. The van der Waals surface area contributed by atoms with E-state index in [4.69, 9.17) is 0 Å². The van der Waals surface area contributed by atoms with Gasteiger partial charge in [-0.2, -0.15) is 0 Å². The summed E-state index contributed by atoms with van der Waals surface area (Å²) in [6.07, 6.45) is 2.04. The highest BCUT2D eigenvalue weighted by molar-refractivity contribution is 5.95. The predicted molar refractivity (Wildman–Crippen MR) is 112 cm³/mol. The van der Waals surface area contributed by atoms with Crippen LogP contribution in [0.2, 0.25) is 0 Å². The van der Waals surface area contributed by atoms with E-state index in [1.54, 1.807) is 12.1 Å². The van der Waals surface area contributed by atoms with E-state index in [2.05, 4.69) is 16.0 Å². The van der Waals surface area contributed by atoms with Crippen molar-refractivity contribution in [1.82, 2.24) is 10.6 Å². The topological polar surface area (TPSA) is 96.3 Å². The molecule has 1 saturated heterocycles. The second kappa shape index (κ2) is 10.6. The lowest BCUT2D eigenvalue weighted by Gasteiger charge is -2.11. The Balaban J connectivity index is 0.00000280. The Morgan fingerprint density at radius 2 is 2.00 bits per heavy atom. The van der Waals surface area contributed by atoms with Gasteiger partial charge in [0.05, 0.1) is 4.92 Å². The second-order valence-electron chi connectivity index (χ2n) is 6.73. The smallest absolute Gasteiger partial charge is 0.293 e. The molecule has 3 rings (SSSR count). The SMILES string of the molecule is Cl.O=C(NCCC1CCNC1)c1ccc(NCc2ccccc2)c([N+](=O)[O-])c1. The van der Waals surface area contributed by atoms with Gasteiger partial charge in [0.1, 0.15) is 5.69 Å². The minimum atomic E-state index is -0.464. The van der Waals surface area contributed by atoms with E-state index >= 15 is 0 Å². The van der Waals surface area contributed by atoms with E-state index in [0.717, 1.165) is 31.5 Å². The van der Waals surface area contributed by atoms with Crippen LogP contribution in [-0.4, -0.2) is 30.5 Å². The number of rotatable bonds is 8. The highest BCUT2D eigenvalue weighted by atomic mass is 35.5. The summed E-state index contributed by atoms with van der Waals surface area (Å²) < 4.78 is 0. The molecule has 8 heteroatoms. The molecule has 1 heterocycles. The molecule has 3 N–H and O–H groups in total. The largest absolute Gasteiger partial charge is 0.375 e. The zero-order chi connectivity index (χ0) is 19.1. The molecule has 2 aromatic carbocycles. The zero-order valence-electron chi connectivity index (χ0n) is 15.5. The quantitative estimate of drug-likeness (QED) is 0.463. The Bertz CT molecular complexity index is 795. The van der Waals surface area contributed by atoms with E-state index in [9.17, 15) is 14.9 Å². The van der Waals surface area contributed by atoms with Gasteiger partial charge in [-0.15, -0.1) is 12.4 Å². The maximum absolute atomic E-state index is 12.3. The van der Waals surface area contributed by atoms with Crippen LogP contribution in [0, 0.1) is 16.0 Å². The highest BCUT2D eigenvalue weighted by Gasteiger charge is 2.18. The molecule has 1 unspecified atom stereocenters. The molecule has 1 fully saturated rings. The van der Waals surface area contributed by atoms with Crippen molar-refractivity contribution in [2.24, 2.45) is 5.92 Å². The maximum atomic E-state index is 12.3. The van der Waals surface area contributed by atoms with Gasteiger partial charge in [-0.3, -0.25) is 14.9 Å². The molecular weight excluding hydrogens is 380 g/mol. The first-order valence-corrected chi connectivity index (χ1v) is 9.18. The van der Waals surface area contributed by atoms with Crippen molar-refractivity contribution in [2.75, 3.05) is 25.0 Å². The van der Waals surface area contributed by atoms with Gasteiger partial charge in [-0.25, -0.2) is 0 Å². The van der Waals surface area contributed by atoms with Gasteiger partial charge in [0.25, 0.3) is 11.6 Å². The van der Waals surface area contributed by atoms with Crippen LogP contribution < -0.4 is 16.0 Å². The number of nitro groups is 1. The van der Waals surface area contributed by atoms with Gasteiger partial charge >= 0.3 is 0 Å². The van der Waals surface area contributed by atoms with Crippen LogP contribution in [0.1, 0.15) is 28.8 Å². The number of nitrogens with one attached hydrogen (secondary N) is 3. The minimum Gasteiger partial charge on any atom is -0.375 e. The molecule has 0 aliphatic carbocycles. The predicted octanol–water partition coefficient (Wildman–Crippen LogP) is 3.36. The van der Waals surface area contributed by atoms with E-state index in [-0.39, 0.29) is 24.0 Å². The van der Waals surface area contributed by atoms with Crippen molar-refractivity contribution >= 4 is 29.7 Å². The van der Waals surface area contributed by atoms with Gasteiger partial charge in [0.2, 0.25) is 0 Å². The molecule has 1 atom stereocenters. The van der Waals surface area contributed by atoms with Gasteiger partial charge in [0, 0.05) is 24.7 Å². The van der Waals surface area contributed by atoms with Gasteiger partial charge in [-0.1, -0.05) is 30.3 Å². The number of hydrogen-bond acceptors (Lipinski definition) is 5. The average molecular weight is 405 g/mol. The summed E-state index contributed by atoms with van der Waals surface area (Å²) in [4.78, 5) is 23.3. The Morgan fingerprint density at radius 3 is 2.68 bits per heavy atom. The molecule has 1 amide bonds. The third-order valence-electron chi connectivity index (χ3n) is 4.78. The normalized spacial score (nSPS) is 15.5. The lowest BCUT2D eigenvalue weighted by molar-refractivity contribution is -0.384. The third kappa shape index (κ3) is 5.94. The van der Waals surface area contributed by atoms with Crippen LogP contribution in [0.5, 0.6) is 0 Å². The summed E-state index contributed by atoms with van der Waals surface area (Å²) in [5, 5.41) is 20.7. The van der Waals surface area contributed by atoms with Crippen LogP contribution in [0.15, 0.2) is 48.5 Å². The van der Waals surface area contributed by atoms with E-state index in [0.29, 0.717) is 30.3 Å². The fourth-order valence-corrected chi connectivity index (χ4v) is 3.22. The van der Waals surface area contributed by atoms with Crippen LogP contribution in [0.4, 0.5) is 11.4 Å². The highest BCUT2D eigenvalue weighted by Crippen LogP contribution is 2.26. The molecule has 0 spiro atoms. The first-order valence-electron chi connectivity index (χ1n) is 9.18. The number of amides is 1. The number of nitrogens with zero attached hydrogens (tertiary/aromatic N) is 1. The van der Waals surface area contributed by atoms with E-state index in [1.165, 1.54) is 6.07 Å². The van der Waals surface area contributed by atoms with Crippen molar-refractivity contribution in [2.45, 2.75) is 19.4 Å². The molecule has 7 nitrogen and oxygen atoms in total. The molecule has 0 radical (unpaired) electrons. The third-order valence-corrected chi connectivity index (χ3v) is 4.78. The van der Waals surface area contributed by atoms with Gasteiger partial charge < -0.3 is 16.0 Å². The Morgan fingerprint density at radius 1 is 1.21 bits per heavy atom. The molecular formula is C20H25ClN4O3. The van der Waals surface area contributed by atoms with Crippen LogP contribution in [0.25, 0.3) is 0 Å². The monoisotopic (exact) mass is 404 g/mol.